The number of hydrogen-bond donors (Lipinski definition) is 2. The highest BCUT2D eigenvalue weighted by Gasteiger charge is 1.95. The fraction of sp³-hybridized carbons (Fsp3) is 0.167. The van der Waals surface area contributed by atoms with E-state index in [4.69, 9.17) is 4.74 Å². The molecule has 0 saturated carbocycles. The average molecular weight is 202 g/mol. The van der Waals surface area contributed by atoms with Crippen molar-refractivity contribution in [2.24, 2.45) is 0 Å². The molecule has 3 heteroatoms. The van der Waals surface area contributed by atoms with E-state index in [2.05, 4.69) is 10.3 Å². The van der Waals surface area contributed by atoms with Crippen LogP contribution in [0.5, 0.6) is 5.75 Å². The number of aromatic amines is 1. The Balaban J connectivity index is 1.98. The van der Waals surface area contributed by atoms with E-state index in [0.29, 0.717) is 0 Å². The van der Waals surface area contributed by atoms with Crippen LogP contribution < -0.4 is 10.1 Å². The minimum absolute atomic E-state index is 0.816. The molecule has 1 aromatic carbocycles. The minimum Gasteiger partial charge on any atom is -0.497 e. The summed E-state index contributed by atoms with van der Waals surface area (Å²) in [5.41, 5.74) is 2.30. The maximum atomic E-state index is 5.15. The van der Waals surface area contributed by atoms with Gasteiger partial charge in [-0.15, -0.1) is 0 Å². The van der Waals surface area contributed by atoms with E-state index in [9.17, 15) is 0 Å². The number of aromatic nitrogens is 1. The van der Waals surface area contributed by atoms with Crippen LogP contribution >= 0.6 is 0 Å². The molecule has 0 aliphatic heterocycles. The highest BCUT2D eigenvalue weighted by Crippen LogP contribution is 2.17. The molecule has 0 aliphatic carbocycles. The Kier molecular flexibility index (Phi) is 2.93. The molecule has 0 spiro atoms. The lowest BCUT2D eigenvalue weighted by molar-refractivity contribution is 0.415. The second kappa shape index (κ2) is 4.55. The third-order valence-electron chi connectivity index (χ3n) is 2.23. The van der Waals surface area contributed by atoms with Gasteiger partial charge in [0.25, 0.3) is 0 Å². The van der Waals surface area contributed by atoms with Crippen LogP contribution in [0.3, 0.4) is 0 Å². The number of anilines is 1. The molecule has 2 aromatic rings. The number of nitrogens with one attached hydrogen (secondary N) is 2. The van der Waals surface area contributed by atoms with Crippen LogP contribution in [0.4, 0.5) is 5.69 Å². The highest BCUT2D eigenvalue weighted by atomic mass is 16.5. The fourth-order valence-electron chi connectivity index (χ4n) is 1.41. The van der Waals surface area contributed by atoms with Crippen molar-refractivity contribution < 1.29 is 4.74 Å². The zero-order chi connectivity index (χ0) is 10.5. The molecule has 2 N–H and O–H groups in total. The smallest absolute Gasteiger partial charge is 0.120 e. The molecule has 0 amide bonds. The van der Waals surface area contributed by atoms with Crippen LogP contribution in [-0.2, 0) is 6.54 Å². The second-order valence-electron chi connectivity index (χ2n) is 3.30. The van der Waals surface area contributed by atoms with Crippen LogP contribution in [0.15, 0.2) is 42.7 Å². The molecule has 1 aromatic heterocycles. The van der Waals surface area contributed by atoms with Crippen LogP contribution in [0.1, 0.15) is 5.56 Å². The van der Waals surface area contributed by atoms with Gasteiger partial charge in [-0.3, -0.25) is 0 Å². The summed E-state index contributed by atoms with van der Waals surface area (Å²) in [4.78, 5) is 3.02. The molecule has 0 aliphatic rings. The maximum absolute atomic E-state index is 5.15. The van der Waals surface area contributed by atoms with Gasteiger partial charge in [0.1, 0.15) is 5.75 Å². The van der Waals surface area contributed by atoms with Crippen LogP contribution in [0.25, 0.3) is 0 Å². The first kappa shape index (κ1) is 9.65. The lowest BCUT2D eigenvalue weighted by Gasteiger charge is -2.06. The van der Waals surface area contributed by atoms with Crippen LogP contribution in [0, 0.1) is 0 Å². The van der Waals surface area contributed by atoms with Gasteiger partial charge in [0, 0.05) is 30.7 Å². The second-order valence-corrected chi connectivity index (χ2v) is 3.30. The molecule has 78 valence electrons. The molecule has 15 heavy (non-hydrogen) atoms. The first-order chi connectivity index (χ1) is 7.38. The number of H-pyrrole nitrogens is 1. The third-order valence-corrected chi connectivity index (χ3v) is 2.23. The van der Waals surface area contributed by atoms with Crippen molar-refractivity contribution in [1.29, 1.82) is 0 Å². The average Bonchev–Trinajstić information content (AvgIpc) is 2.79. The van der Waals surface area contributed by atoms with E-state index in [1.165, 1.54) is 5.56 Å². The van der Waals surface area contributed by atoms with Crippen LogP contribution in [-0.4, -0.2) is 12.1 Å². The van der Waals surface area contributed by atoms with Gasteiger partial charge < -0.3 is 15.0 Å². The Morgan fingerprint density at radius 2 is 2.27 bits per heavy atom. The van der Waals surface area contributed by atoms with E-state index in [-0.39, 0.29) is 0 Å². The number of hydrogen-bond acceptors (Lipinski definition) is 2. The Morgan fingerprint density at radius 3 is 3.00 bits per heavy atom. The standard InChI is InChI=1S/C12H14N2O/c1-15-12-4-2-3-11(7-12)14-9-10-5-6-13-8-10/h2-8,13-14H,9H2,1H3. The van der Waals surface area contributed by atoms with Gasteiger partial charge in [0.05, 0.1) is 7.11 Å². The first-order valence-electron chi connectivity index (χ1n) is 4.88. The minimum atomic E-state index is 0.816. The first-order valence-corrected chi connectivity index (χ1v) is 4.88. The van der Waals surface area contributed by atoms with Gasteiger partial charge in [0.2, 0.25) is 0 Å². The van der Waals surface area contributed by atoms with Crippen LogP contribution in [0.2, 0.25) is 0 Å². The normalized spacial score (nSPS) is 9.93. The van der Waals surface area contributed by atoms with E-state index < -0.39 is 0 Å². The van der Waals surface area contributed by atoms with Crippen molar-refractivity contribution in [3.63, 3.8) is 0 Å². The third kappa shape index (κ3) is 2.53. The fourth-order valence-corrected chi connectivity index (χ4v) is 1.41. The molecule has 3 nitrogen and oxygen atoms in total. The number of rotatable bonds is 4. The zero-order valence-corrected chi connectivity index (χ0v) is 8.66. The summed E-state index contributed by atoms with van der Waals surface area (Å²) in [7, 11) is 1.67. The van der Waals surface area contributed by atoms with E-state index in [1.54, 1.807) is 7.11 Å². The predicted octanol–water partition coefficient (Wildman–Crippen LogP) is 2.64. The SMILES string of the molecule is COc1cccc(NCc2cc[nH]c2)c1. The van der Waals surface area contributed by atoms with E-state index in [0.717, 1.165) is 18.0 Å². The van der Waals surface area contributed by atoms with Gasteiger partial charge in [-0.05, 0) is 23.8 Å². The molecular weight excluding hydrogens is 188 g/mol. The highest BCUT2D eigenvalue weighted by molar-refractivity contribution is 5.48. The quantitative estimate of drug-likeness (QED) is 0.799. The number of methoxy groups -OCH3 is 1. The Hall–Kier alpha value is -1.90. The largest absolute Gasteiger partial charge is 0.497 e. The van der Waals surface area contributed by atoms with Gasteiger partial charge in [-0.2, -0.15) is 0 Å². The van der Waals surface area contributed by atoms with Crippen molar-refractivity contribution in [2.75, 3.05) is 12.4 Å². The number of benzene rings is 1. The summed E-state index contributed by atoms with van der Waals surface area (Å²) in [6.07, 6.45) is 3.90. The molecule has 0 radical (unpaired) electrons. The zero-order valence-electron chi connectivity index (χ0n) is 8.66. The Labute approximate surface area is 89.1 Å². The summed E-state index contributed by atoms with van der Waals surface area (Å²) in [6.45, 7) is 0.816. The van der Waals surface area contributed by atoms with Crippen molar-refractivity contribution in [3.05, 3.63) is 48.3 Å². The lowest BCUT2D eigenvalue weighted by atomic mass is 10.3. The van der Waals surface area contributed by atoms with Gasteiger partial charge in [0.15, 0.2) is 0 Å². The van der Waals surface area contributed by atoms with E-state index in [1.807, 2.05) is 42.7 Å². The summed E-state index contributed by atoms with van der Waals surface area (Å²) < 4.78 is 5.15. The summed E-state index contributed by atoms with van der Waals surface area (Å²) in [6, 6.07) is 9.95. The van der Waals surface area contributed by atoms with Crippen molar-refractivity contribution >= 4 is 5.69 Å². The molecule has 0 atom stereocenters. The summed E-state index contributed by atoms with van der Waals surface area (Å²) in [5.74, 6) is 0.870. The molecule has 0 unspecified atom stereocenters. The van der Waals surface area contributed by atoms with Gasteiger partial charge in [-0.25, -0.2) is 0 Å². The van der Waals surface area contributed by atoms with E-state index >= 15 is 0 Å². The molecule has 2 rings (SSSR count). The van der Waals surface area contributed by atoms with Crippen molar-refractivity contribution in [1.82, 2.24) is 4.98 Å². The molecule has 0 saturated heterocycles. The molecular formula is C12H14N2O. The summed E-state index contributed by atoms with van der Waals surface area (Å²) in [5, 5.41) is 3.32. The monoisotopic (exact) mass is 202 g/mol. The summed E-state index contributed by atoms with van der Waals surface area (Å²) >= 11 is 0. The molecule has 1 heterocycles. The van der Waals surface area contributed by atoms with Crippen molar-refractivity contribution in [2.45, 2.75) is 6.54 Å². The number of ether oxygens (including phenoxy) is 1. The topological polar surface area (TPSA) is 37.0 Å². The van der Waals surface area contributed by atoms with Crippen molar-refractivity contribution in [3.8, 4) is 5.75 Å². The Bertz CT molecular complexity index is 409. The van der Waals surface area contributed by atoms with Gasteiger partial charge >= 0.3 is 0 Å². The Morgan fingerprint density at radius 1 is 1.33 bits per heavy atom. The predicted molar refractivity (Wildman–Crippen MR) is 61.1 cm³/mol. The molecule has 0 fully saturated rings. The molecule has 0 bridgehead atoms. The lowest BCUT2D eigenvalue weighted by Crippen LogP contribution is -1.98. The van der Waals surface area contributed by atoms with Gasteiger partial charge in [-0.1, -0.05) is 6.07 Å². The maximum Gasteiger partial charge on any atom is 0.120 e.